The Morgan fingerprint density at radius 1 is 1.30 bits per heavy atom. The maximum absolute atomic E-state index is 13.9. The number of carbonyl (C=O) groups excluding carboxylic acids is 2. The van der Waals surface area contributed by atoms with Crippen molar-refractivity contribution in [2.75, 3.05) is 38.7 Å². The number of hydrogen-bond acceptors (Lipinski definition) is 6. The second-order valence-electron chi connectivity index (χ2n) is 7.49. The van der Waals surface area contributed by atoms with Gasteiger partial charge in [0.1, 0.15) is 6.54 Å². The second-order valence-corrected chi connectivity index (χ2v) is 9.36. The summed E-state index contributed by atoms with van der Waals surface area (Å²) in [5, 5.41) is 2.15. The van der Waals surface area contributed by atoms with Gasteiger partial charge in [0.05, 0.1) is 25.6 Å². The van der Waals surface area contributed by atoms with Crippen LogP contribution < -0.4 is 14.8 Å². The molecule has 9 nitrogen and oxygen atoms in total. The molecule has 2 fully saturated rings. The van der Waals surface area contributed by atoms with Gasteiger partial charge in [-0.05, 0) is 43.4 Å². The van der Waals surface area contributed by atoms with E-state index in [2.05, 4.69) is 10.0 Å². The Hall–Kier alpha value is -2.24. The Morgan fingerprint density at radius 3 is 2.73 bits per heavy atom. The monoisotopic (exact) mass is 443 g/mol. The van der Waals surface area contributed by atoms with Gasteiger partial charge in [0.15, 0.2) is 11.6 Å². The first kappa shape index (κ1) is 22.4. The molecule has 0 spiro atoms. The van der Waals surface area contributed by atoms with Crippen molar-refractivity contribution in [3.05, 3.63) is 29.6 Å². The number of ether oxygens (including phenoxy) is 2. The van der Waals surface area contributed by atoms with E-state index in [1.165, 1.54) is 23.1 Å². The molecular formula is C19H26FN3O6S. The van der Waals surface area contributed by atoms with Crippen LogP contribution in [-0.2, 0) is 19.6 Å². The molecule has 30 heavy (non-hydrogen) atoms. The molecule has 1 aliphatic carbocycles. The lowest BCUT2D eigenvalue weighted by Crippen LogP contribution is -2.33. The SMILES string of the molecule is C[C@@H](NS(=O)(=O)CCOCCN1CC(=O)NC1=O)c1ccc(F)c(OCC2CC2)c1. The van der Waals surface area contributed by atoms with E-state index in [9.17, 15) is 22.4 Å². The zero-order valence-electron chi connectivity index (χ0n) is 16.7. The van der Waals surface area contributed by atoms with Gasteiger partial charge in [-0.1, -0.05) is 6.07 Å². The third kappa shape index (κ3) is 6.64. The Labute approximate surface area is 174 Å². The van der Waals surface area contributed by atoms with E-state index in [1.54, 1.807) is 6.92 Å². The zero-order valence-corrected chi connectivity index (χ0v) is 17.5. The summed E-state index contributed by atoms with van der Waals surface area (Å²) in [6.07, 6.45) is 2.17. The van der Waals surface area contributed by atoms with Crippen molar-refractivity contribution in [3.8, 4) is 5.75 Å². The van der Waals surface area contributed by atoms with Crippen molar-refractivity contribution in [3.63, 3.8) is 0 Å². The summed E-state index contributed by atoms with van der Waals surface area (Å²) in [6, 6.07) is 3.25. The fraction of sp³-hybridized carbons (Fsp3) is 0.579. The Bertz CT molecular complexity index is 890. The molecule has 0 radical (unpaired) electrons. The lowest BCUT2D eigenvalue weighted by atomic mass is 10.1. The molecule has 0 bridgehead atoms. The van der Waals surface area contributed by atoms with Crippen LogP contribution in [0.25, 0.3) is 0 Å². The molecule has 3 amide bonds. The molecule has 166 valence electrons. The van der Waals surface area contributed by atoms with Gasteiger partial charge in [-0.2, -0.15) is 0 Å². The summed E-state index contributed by atoms with van der Waals surface area (Å²) in [7, 11) is -3.64. The minimum Gasteiger partial charge on any atom is -0.490 e. The van der Waals surface area contributed by atoms with Crippen molar-refractivity contribution >= 4 is 22.0 Å². The van der Waals surface area contributed by atoms with E-state index in [1.807, 2.05) is 0 Å². The smallest absolute Gasteiger partial charge is 0.324 e. The first-order chi connectivity index (χ1) is 14.2. The number of benzene rings is 1. The highest BCUT2D eigenvalue weighted by atomic mass is 32.2. The predicted molar refractivity (Wildman–Crippen MR) is 106 cm³/mol. The highest BCUT2D eigenvalue weighted by Gasteiger charge is 2.26. The molecule has 1 aromatic rings. The fourth-order valence-electron chi connectivity index (χ4n) is 2.90. The number of hydrogen-bond donors (Lipinski definition) is 2. The number of urea groups is 1. The molecule has 11 heteroatoms. The van der Waals surface area contributed by atoms with Crippen molar-refractivity contribution < 1.29 is 31.9 Å². The van der Waals surface area contributed by atoms with Crippen LogP contribution in [0.2, 0.25) is 0 Å². The number of carbonyl (C=O) groups is 2. The number of amides is 3. The van der Waals surface area contributed by atoms with Gasteiger partial charge < -0.3 is 14.4 Å². The third-order valence-corrected chi connectivity index (χ3v) is 6.27. The van der Waals surface area contributed by atoms with E-state index in [0.717, 1.165) is 12.8 Å². The number of nitrogens with zero attached hydrogens (tertiary/aromatic N) is 1. The van der Waals surface area contributed by atoms with Crippen LogP contribution in [0.1, 0.15) is 31.4 Å². The average Bonchev–Trinajstić information content (AvgIpc) is 3.44. The van der Waals surface area contributed by atoms with Crippen LogP contribution in [0.15, 0.2) is 18.2 Å². The van der Waals surface area contributed by atoms with E-state index in [-0.39, 0.29) is 43.7 Å². The third-order valence-electron chi connectivity index (χ3n) is 4.85. The topological polar surface area (TPSA) is 114 Å². The minimum absolute atomic E-state index is 0.0242. The van der Waals surface area contributed by atoms with Crippen LogP contribution in [0.4, 0.5) is 9.18 Å². The molecule has 0 unspecified atom stereocenters. The quantitative estimate of drug-likeness (QED) is 0.370. The number of nitrogens with one attached hydrogen (secondary N) is 2. The molecule has 1 aliphatic heterocycles. The summed E-state index contributed by atoms with van der Waals surface area (Å²) < 4.78 is 51.8. The molecule has 3 rings (SSSR count). The summed E-state index contributed by atoms with van der Waals surface area (Å²) in [5.74, 6) is -0.518. The van der Waals surface area contributed by atoms with Crippen LogP contribution in [0.3, 0.4) is 0 Å². The molecule has 1 saturated carbocycles. The molecule has 1 atom stereocenters. The minimum atomic E-state index is -3.64. The highest BCUT2D eigenvalue weighted by molar-refractivity contribution is 7.89. The van der Waals surface area contributed by atoms with Gasteiger partial charge in [-0.25, -0.2) is 22.3 Å². The van der Waals surface area contributed by atoms with Crippen LogP contribution in [0.5, 0.6) is 5.75 Å². The van der Waals surface area contributed by atoms with Gasteiger partial charge in [0.25, 0.3) is 0 Å². The summed E-state index contributed by atoms with van der Waals surface area (Å²) in [6.45, 7) is 2.35. The van der Waals surface area contributed by atoms with E-state index in [4.69, 9.17) is 9.47 Å². The van der Waals surface area contributed by atoms with E-state index >= 15 is 0 Å². The highest BCUT2D eigenvalue weighted by Crippen LogP contribution is 2.31. The Balaban J connectivity index is 1.42. The molecule has 2 N–H and O–H groups in total. The van der Waals surface area contributed by atoms with Crippen LogP contribution in [-0.4, -0.2) is 63.9 Å². The lowest BCUT2D eigenvalue weighted by molar-refractivity contribution is -0.118. The molecule has 0 aromatic heterocycles. The molecule has 1 saturated heterocycles. The van der Waals surface area contributed by atoms with Crippen molar-refractivity contribution in [2.24, 2.45) is 5.92 Å². The molecule has 1 aromatic carbocycles. The maximum atomic E-state index is 13.9. The zero-order chi connectivity index (χ0) is 21.7. The summed E-state index contributed by atoms with van der Waals surface area (Å²) in [5.41, 5.74) is 0.594. The van der Waals surface area contributed by atoms with Gasteiger partial charge in [0.2, 0.25) is 15.9 Å². The second kappa shape index (κ2) is 9.71. The largest absolute Gasteiger partial charge is 0.490 e. The number of rotatable bonds is 12. The predicted octanol–water partition coefficient (Wildman–Crippen LogP) is 1.16. The number of halogens is 1. The normalized spacial score (nSPS) is 17.9. The average molecular weight is 443 g/mol. The first-order valence-electron chi connectivity index (χ1n) is 9.82. The summed E-state index contributed by atoms with van der Waals surface area (Å²) >= 11 is 0. The van der Waals surface area contributed by atoms with Crippen molar-refractivity contribution in [1.82, 2.24) is 14.9 Å². The van der Waals surface area contributed by atoms with Crippen molar-refractivity contribution in [2.45, 2.75) is 25.8 Å². The summed E-state index contributed by atoms with van der Waals surface area (Å²) in [4.78, 5) is 23.8. The Kier molecular flexibility index (Phi) is 7.27. The number of sulfonamides is 1. The van der Waals surface area contributed by atoms with Gasteiger partial charge in [-0.3, -0.25) is 10.1 Å². The van der Waals surface area contributed by atoms with Crippen LogP contribution >= 0.6 is 0 Å². The molecular weight excluding hydrogens is 417 g/mol. The lowest BCUT2D eigenvalue weighted by Gasteiger charge is -2.17. The van der Waals surface area contributed by atoms with Crippen molar-refractivity contribution in [1.29, 1.82) is 0 Å². The molecule has 2 aliphatic rings. The fourth-order valence-corrected chi connectivity index (χ4v) is 4.03. The Morgan fingerprint density at radius 2 is 2.07 bits per heavy atom. The van der Waals surface area contributed by atoms with E-state index < -0.39 is 27.9 Å². The van der Waals surface area contributed by atoms with Gasteiger partial charge in [0, 0.05) is 12.6 Å². The maximum Gasteiger partial charge on any atom is 0.324 e. The molecule has 1 heterocycles. The van der Waals surface area contributed by atoms with E-state index in [0.29, 0.717) is 18.1 Å². The standard InChI is InChI=1S/C19H26FN3O6S/c1-13(15-4-5-16(20)17(10-15)29-12-14-2-3-14)22-30(26,27)9-8-28-7-6-23-11-18(24)21-19(23)25/h4-5,10,13-14,22H,2-3,6-9,11-12H2,1H3,(H,21,24,25)/t13-/m1/s1. The first-order valence-corrected chi connectivity index (χ1v) is 11.5. The number of imide groups is 1. The van der Waals surface area contributed by atoms with Gasteiger partial charge >= 0.3 is 6.03 Å². The van der Waals surface area contributed by atoms with Gasteiger partial charge in [-0.15, -0.1) is 0 Å². The van der Waals surface area contributed by atoms with Crippen LogP contribution in [0, 0.1) is 11.7 Å².